The van der Waals surface area contributed by atoms with E-state index in [4.69, 9.17) is 0 Å². The molecule has 0 fully saturated rings. The van der Waals surface area contributed by atoms with Crippen molar-refractivity contribution in [1.29, 1.82) is 0 Å². The number of rotatable bonds is 5. The zero-order valence-electron chi connectivity index (χ0n) is 14.4. The van der Waals surface area contributed by atoms with Crippen LogP contribution in [0.25, 0.3) is 0 Å². The van der Waals surface area contributed by atoms with Gasteiger partial charge in [0, 0.05) is 16.5 Å². The lowest BCUT2D eigenvalue weighted by atomic mass is 10.2. The quantitative estimate of drug-likeness (QED) is 0.794. The highest BCUT2D eigenvalue weighted by Gasteiger charge is 2.25. The third-order valence-electron chi connectivity index (χ3n) is 3.95. The average molecular weight is 408 g/mol. The fourth-order valence-electron chi connectivity index (χ4n) is 2.59. The van der Waals surface area contributed by atoms with Gasteiger partial charge in [0.2, 0.25) is 11.8 Å². The predicted octanol–water partition coefficient (Wildman–Crippen LogP) is 2.92. The normalized spacial score (nSPS) is 14.8. The highest BCUT2D eigenvalue weighted by Crippen LogP contribution is 2.33. The Morgan fingerprint density at radius 1 is 1.30 bits per heavy atom. The number of hydrogen-bond donors (Lipinski definition) is 2. The largest absolute Gasteiger partial charge is 0.326 e. The minimum absolute atomic E-state index is 0.0365. The molecule has 0 spiro atoms. The van der Waals surface area contributed by atoms with Crippen LogP contribution in [0.3, 0.4) is 0 Å². The summed E-state index contributed by atoms with van der Waals surface area (Å²) in [6.07, 6.45) is 0. The molecule has 2 aromatic carbocycles. The Kier molecular flexibility index (Phi) is 5.52. The van der Waals surface area contributed by atoms with Gasteiger partial charge in [-0.15, -0.1) is 11.8 Å². The number of halogens is 1. The van der Waals surface area contributed by atoms with Crippen molar-refractivity contribution in [3.05, 3.63) is 48.3 Å². The van der Waals surface area contributed by atoms with Gasteiger partial charge >= 0.3 is 0 Å². The molecule has 3 rings (SSSR count). The van der Waals surface area contributed by atoms with Crippen molar-refractivity contribution >= 4 is 44.8 Å². The van der Waals surface area contributed by atoms with Gasteiger partial charge in [-0.05, 0) is 36.4 Å². The minimum atomic E-state index is -3.75. The van der Waals surface area contributed by atoms with Crippen molar-refractivity contribution in [2.24, 2.45) is 5.92 Å². The first-order chi connectivity index (χ1) is 12.7. The minimum Gasteiger partial charge on any atom is -0.326 e. The van der Waals surface area contributed by atoms with Crippen molar-refractivity contribution < 1.29 is 22.4 Å². The van der Waals surface area contributed by atoms with Crippen LogP contribution >= 0.6 is 11.8 Å². The van der Waals surface area contributed by atoms with Crippen molar-refractivity contribution in [2.45, 2.75) is 16.7 Å². The van der Waals surface area contributed by atoms with Crippen LogP contribution in [0.1, 0.15) is 6.92 Å². The van der Waals surface area contributed by atoms with Gasteiger partial charge in [0.1, 0.15) is 5.82 Å². The van der Waals surface area contributed by atoms with Crippen molar-refractivity contribution in [3.63, 3.8) is 0 Å². The number of thioether (sulfide) groups is 1. The highest BCUT2D eigenvalue weighted by atomic mass is 32.2. The third kappa shape index (κ3) is 4.67. The van der Waals surface area contributed by atoms with Crippen LogP contribution in [0.4, 0.5) is 15.8 Å². The topological polar surface area (TPSA) is 92.3 Å². The van der Waals surface area contributed by atoms with E-state index in [1.165, 1.54) is 49.0 Å². The third-order valence-corrected chi connectivity index (χ3v) is 6.94. The zero-order chi connectivity index (χ0) is 19.6. The second-order valence-corrected chi connectivity index (χ2v) is 9.23. The van der Waals surface area contributed by atoms with Crippen molar-refractivity contribution in [3.8, 4) is 0 Å². The summed E-state index contributed by atoms with van der Waals surface area (Å²) in [5.74, 6) is -2.18. The Morgan fingerprint density at radius 3 is 2.81 bits per heavy atom. The Labute approximate surface area is 160 Å². The number of anilines is 2. The lowest BCUT2D eigenvalue weighted by Crippen LogP contribution is -2.27. The molecule has 0 aliphatic carbocycles. The van der Waals surface area contributed by atoms with Gasteiger partial charge in [0.25, 0.3) is 0 Å². The maximum Gasteiger partial charge on any atom is 0.234 e. The molecule has 9 heteroatoms. The highest BCUT2D eigenvalue weighted by molar-refractivity contribution is 8.00. The average Bonchev–Trinajstić information content (AvgIpc) is 2.60. The van der Waals surface area contributed by atoms with Crippen LogP contribution in [0, 0.1) is 11.7 Å². The van der Waals surface area contributed by atoms with E-state index in [-0.39, 0.29) is 22.2 Å². The Morgan fingerprint density at radius 2 is 2.07 bits per heavy atom. The molecule has 0 unspecified atom stereocenters. The maximum absolute atomic E-state index is 13.2. The van der Waals surface area contributed by atoms with Gasteiger partial charge in [-0.3, -0.25) is 9.59 Å². The smallest absolute Gasteiger partial charge is 0.234 e. The molecule has 27 heavy (non-hydrogen) atoms. The summed E-state index contributed by atoms with van der Waals surface area (Å²) in [5.41, 5.74) is 0.715. The first-order valence-electron chi connectivity index (χ1n) is 8.10. The van der Waals surface area contributed by atoms with Gasteiger partial charge in [0.15, 0.2) is 9.84 Å². The number of fused-ring (bicyclic) bond motifs is 1. The number of sulfone groups is 1. The summed E-state index contributed by atoms with van der Waals surface area (Å²) >= 11 is 1.34. The molecular formula is C18H17FN2O4S2. The second kappa shape index (κ2) is 7.69. The van der Waals surface area contributed by atoms with E-state index < -0.39 is 33.2 Å². The van der Waals surface area contributed by atoms with Gasteiger partial charge in [-0.1, -0.05) is 13.0 Å². The van der Waals surface area contributed by atoms with Gasteiger partial charge in [-0.25, -0.2) is 12.8 Å². The molecule has 2 aromatic rings. The van der Waals surface area contributed by atoms with E-state index in [9.17, 15) is 22.4 Å². The second-order valence-electron chi connectivity index (χ2n) is 6.18. The number of hydrogen-bond acceptors (Lipinski definition) is 5. The molecule has 1 aliphatic rings. The maximum atomic E-state index is 13.2. The van der Waals surface area contributed by atoms with Gasteiger partial charge in [0.05, 0.1) is 22.1 Å². The van der Waals surface area contributed by atoms with Crippen LogP contribution in [-0.4, -0.2) is 31.7 Å². The first-order valence-corrected chi connectivity index (χ1v) is 10.7. The molecule has 0 saturated carbocycles. The molecule has 0 radical (unpaired) electrons. The molecule has 2 N–H and O–H groups in total. The van der Waals surface area contributed by atoms with Crippen LogP contribution in [-0.2, 0) is 19.4 Å². The van der Waals surface area contributed by atoms with Crippen LogP contribution < -0.4 is 10.6 Å². The molecule has 0 saturated heterocycles. The summed E-state index contributed by atoms with van der Waals surface area (Å²) in [5, 5.41) is 5.16. The summed E-state index contributed by atoms with van der Waals surface area (Å²) < 4.78 is 38.5. The molecule has 1 heterocycles. The SMILES string of the molecule is C[C@@H](CS(=O)(=O)c1ccc2c(c1)NC(=O)CS2)C(=O)Nc1cccc(F)c1. The molecular weight excluding hydrogens is 391 g/mol. The van der Waals surface area contributed by atoms with Gasteiger partial charge in [-0.2, -0.15) is 0 Å². The van der Waals surface area contributed by atoms with E-state index in [1.54, 1.807) is 6.07 Å². The van der Waals surface area contributed by atoms with Crippen LogP contribution in [0.15, 0.2) is 52.3 Å². The molecule has 1 aliphatic heterocycles. The molecule has 1 atom stereocenters. The Hall–Kier alpha value is -2.39. The number of benzene rings is 2. The number of amides is 2. The summed E-state index contributed by atoms with van der Waals surface area (Å²) in [7, 11) is -3.75. The van der Waals surface area contributed by atoms with E-state index >= 15 is 0 Å². The van der Waals surface area contributed by atoms with Crippen LogP contribution in [0.2, 0.25) is 0 Å². The summed E-state index contributed by atoms with van der Waals surface area (Å²) in [6.45, 7) is 1.49. The fraction of sp³-hybridized carbons (Fsp3) is 0.222. The number of carbonyl (C=O) groups is 2. The zero-order valence-corrected chi connectivity index (χ0v) is 16.0. The molecule has 0 aromatic heterocycles. The lowest BCUT2D eigenvalue weighted by Gasteiger charge is -2.18. The molecule has 142 valence electrons. The predicted molar refractivity (Wildman–Crippen MR) is 102 cm³/mol. The van der Waals surface area contributed by atoms with Crippen molar-refractivity contribution in [1.82, 2.24) is 0 Å². The molecule has 2 amide bonds. The van der Waals surface area contributed by atoms with E-state index in [1.807, 2.05) is 0 Å². The summed E-state index contributed by atoms with van der Waals surface area (Å²) in [6, 6.07) is 9.89. The van der Waals surface area contributed by atoms with Gasteiger partial charge < -0.3 is 10.6 Å². The molecule has 6 nitrogen and oxygen atoms in total. The summed E-state index contributed by atoms with van der Waals surface area (Å²) in [4.78, 5) is 24.6. The Bertz CT molecular complexity index is 1010. The van der Waals surface area contributed by atoms with Crippen molar-refractivity contribution in [2.75, 3.05) is 22.1 Å². The monoisotopic (exact) mass is 408 g/mol. The van der Waals surface area contributed by atoms with E-state index in [0.717, 1.165) is 11.0 Å². The first kappa shape index (κ1) is 19.4. The standard InChI is InChI=1S/C18H17FN2O4S2/c1-11(18(23)20-13-4-2-3-12(19)7-13)10-27(24,25)14-5-6-16-15(8-14)21-17(22)9-26-16/h2-8,11H,9-10H2,1H3,(H,20,23)(H,21,22)/t11-/m0/s1. The van der Waals surface area contributed by atoms with E-state index in [2.05, 4.69) is 10.6 Å². The number of nitrogens with one attached hydrogen (secondary N) is 2. The lowest BCUT2D eigenvalue weighted by molar-refractivity contribution is -0.118. The van der Waals surface area contributed by atoms with Crippen LogP contribution in [0.5, 0.6) is 0 Å². The molecule has 0 bridgehead atoms. The van der Waals surface area contributed by atoms with E-state index in [0.29, 0.717) is 5.69 Å². The fourth-order valence-corrected chi connectivity index (χ4v) is 4.95. The number of carbonyl (C=O) groups excluding carboxylic acids is 2. The Balaban J connectivity index is 1.73.